The molecule has 23 heavy (non-hydrogen) atoms. The minimum Gasteiger partial charge on any atom is -0.480 e. The molecular formula is C16H28N2O5. The monoisotopic (exact) mass is 328 g/mol. The van der Waals surface area contributed by atoms with Crippen LogP contribution in [0.3, 0.4) is 0 Å². The van der Waals surface area contributed by atoms with Crippen molar-refractivity contribution in [3.05, 3.63) is 0 Å². The molecule has 7 nitrogen and oxygen atoms in total. The number of aliphatic carboxylic acids is 1. The van der Waals surface area contributed by atoms with Crippen LogP contribution in [0.25, 0.3) is 0 Å². The molecule has 7 heteroatoms. The van der Waals surface area contributed by atoms with E-state index in [-0.39, 0.29) is 5.91 Å². The molecule has 0 aromatic rings. The second-order valence-corrected chi connectivity index (χ2v) is 6.82. The second kappa shape index (κ2) is 8.74. The van der Waals surface area contributed by atoms with Crippen LogP contribution in [0.4, 0.5) is 4.79 Å². The van der Waals surface area contributed by atoms with Crippen molar-refractivity contribution in [1.29, 1.82) is 0 Å². The standard InChI is InChI=1S/C16H28N2O5/c1-16(2,3)23-15(22)17-10-6-4-5-9-13(19)18-11-7-8-12(18)14(20)21/h12H,4-11H2,1-3H3,(H,17,22)(H,20,21)/t12-/m0/s1. The highest BCUT2D eigenvalue weighted by Gasteiger charge is 2.33. The molecule has 132 valence electrons. The Labute approximate surface area is 137 Å². The molecule has 1 atom stereocenters. The number of rotatable bonds is 7. The summed E-state index contributed by atoms with van der Waals surface area (Å²) in [5.74, 6) is -1.01. The second-order valence-electron chi connectivity index (χ2n) is 6.82. The molecule has 0 unspecified atom stereocenters. The zero-order valence-corrected chi connectivity index (χ0v) is 14.3. The van der Waals surface area contributed by atoms with E-state index in [1.807, 2.05) is 0 Å². The molecule has 0 bridgehead atoms. The first-order chi connectivity index (χ1) is 10.7. The molecule has 1 aliphatic rings. The van der Waals surface area contributed by atoms with Crippen LogP contribution in [0.5, 0.6) is 0 Å². The van der Waals surface area contributed by atoms with E-state index in [1.54, 1.807) is 20.8 Å². The first-order valence-electron chi connectivity index (χ1n) is 8.20. The van der Waals surface area contributed by atoms with Crippen molar-refractivity contribution in [1.82, 2.24) is 10.2 Å². The van der Waals surface area contributed by atoms with Crippen molar-refractivity contribution >= 4 is 18.0 Å². The van der Waals surface area contributed by atoms with E-state index < -0.39 is 23.7 Å². The van der Waals surface area contributed by atoms with Crippen LogP contribution in [0.2, 0.25) is 0 Å². The minimum absolute atomic E-state index is 0.0880. The molecule has 2 N–H and O–H groups in total. The van der Waals surface area contributed by atoms with Crippen molar-refractivity contribution < 1.29 is 24.2 Å². The summed E-state index contributed by atoms with van der Waals surface area (Å²) < 4.78 is 5.12. The number of alkyl carbamates (subject to hydrolysis) is 1. The van der Waals surface area contributed by atoms with Gasteiger partial charge in [0.25, 0.3) is 0 Å². The lowest BCUT2D eigenvalue weighted by Crippen LogP contribution is -2.40. The topological polar surface area (TPSA) is 95.9 Å². The van der Waals surface area contributed by atoms with E-state index in [0.717, 1.165) is 19.3 Å². The Kier molecular flexibility index (Phi) is 7.32. The van der Waals surface area contributed by atoms with Crippen molar-refractivity contribution in [3.63, 3.8) is 0 Å². The zero-order valence-electron chi connectivity index (χ0n) is 14.3. The number of unbranched alkanes of at least 4 members (excludes halogenated alkanes) is 2. The van der Waals surface area contributed by atoms with Crippen LogP contribution in [-0.2, 0) is 14.3 Å². The first-order valence-corrected chi connectivity index (χ1v) is 8.20. The third-order valence-corrected chi connectivity index (χ3v) is 3.59. The van der Waals surface area contributed by atoms with E-state index in [1.165, 1.54) is 4.90 Å². The largest absolute Gasteiger partial charge is 0.480 e. The molecule has 0 aliphatic carbocycles. The lowest BCUT2D eigenvalue weighted by atomic mass is 10.1. The maximum atomic E-state index is 12.0. The summed E-state index contributed by atoms with van der Waals surface area (Å²) in [4.78, 5) is 36.0. The van der Waals surface area contributed by atoms with Gasteiger partial charge in [-0.15, -0.1) is 0 Å². The number of hydrogen-bond donors (Lipinski definition) is 2. The van der Waals surface area contributed by atoms with Gasteiger partial charge < -0.3 is 20.1 Å². The summed E-state index contributed by atoms with van der Waals surface area (Å²) >= 11 is 0. The van der Waals surface area contributed by atoms with Gasteiger partial charge in [0, 0.05) is 19.5 Å². The predicted octanol–water partition coefficient (Wildman–Crippen LogP) is 2.15. The maximum Gasteiger partial charge on any atom is 0.407 e. The first kappa shape index (κ1) is 19.3. The average molecular weight is 328 g/mol. The Hall–Kier alpha value is -1.79. The van der Waals surface area contributed by atoms with Gasteiger partial charge in [0.2, 0.25) is 5.91 Å². The maximum absolute atomic E-state index is 12.0. The van der Waals surface area contributed by atoms with Gasteiger partial charge in [-0.1, -0.05) is 6.42 Å². The highest BCUT2D eigenvalue weighted by Crippen LogP contribution is 2.19. The van der Waals surface area contributed by atoms with E-state index in [0.29, 0.717) is 32.4 Å². The number of nitrogens with one attached hydrogen (secondary N) is 1. The number of hydrogen-bond acceptors (Lipinski definition) is 4. The number of carboxylic acids is 1. The lowest BCUT2D eigenvalue weighted by molar-refractivity contribution is -0.148. The Balaban J connectivity index is 2.12. The molecule has 0 radical (unpaired) electrons. The average Bonchev–Trinajstić information content (AvgIpc) is 2.89. The predicted molar refractivity (Wildman–Crippen MR) is 85.1 cm³/mol. The molecule has 0 aromatic heterocycles. The zero-order chi connectivity index (χ0) is 17.5. The summed E-state index contributed by atoms with van der Waals surface area (Å²) in [7, 11) is 0. The van der Waals surface area contributed by atoms with Crippen LogP contribution in [0.1, 0.15) is 59.3 Å². The van der Waals surface area contributed by atoms with E-state index >= 15 is 0 Å². The van der Waals surface area contributed by atoms with Gasteiger partial charge in [-0.25, -0.2) is 9.59 Å². The molecular weight excluding hydrogens is 300 g/mol. The fraction of sp³-hybridized carbons (Fsp3) is 0.812. The summed E-state index contributed by atoms with van der Waals surface area (Å²) in [5.41, 5.74) is -0.507. The molecule has 0 aromatic carbocycles. The van der Waals surface area contributed by atoms with Gasteiger partial charge in [-0.3, -0.25) is 4.79 Å². The lowest BCUT2D eigenvalue weighted by Gasteiger charge is -2.21. The summed E-state index contributed by atoms with van der Waals surface area (Å²) in [6.45, 7) is 6.46. The molecule has 1 rings (SSSR count). The highest BCUT2D eigenvalue weighted by atomic mass is 16.6. The van der Waals surface area contributed by atoms with Gasteiger partial charge >= 0.3 is 12.1 Å². The van der Waals surface area contributed by atoms with Crippen LogP contribution >= 0.6 is 0 Å². The third-order valence-electron chi connectivity index (χ3n) is 3.59. The molecule has 0 spiro atoms. The normalized spacial score (nSPS) is 17.9. The number of nitrogens with zero attached hydrogens (tertiary/aromatic N) is 1. The Morgan fingerprint density at radius 1 is 1.22 bits per heavy atom. The van der Waals surface area contributed by atoms with E-state index in [2.05, 4.69) is 5.32 Å². The third kappa shape index (κ3) is 7.34. The van der Waals surface area contributed by atoms with Crippen molar-refractivity contribution in [2.75, 3.05) is 13.1 Å². The number of carbonyl (C=O) groups is 3. The smallest absolute Gasteiger partial charge is 0.407 e. The number of carboxylic acid groups (broad SMARTS) is 1. The SMILES string of the molecule is CC(C)(C)OC(=O)NCCCCCC(=O)N1CCC[C@H]1C(=O)O. The quantitative estimate of drug-likeness (QED) is 0.698. The van der Waals surface area contributed by atoms with Gasteiger partial charge in [-0.2, -0.15) is 0 Å². The van der Waals surface area contributed by atoms with Crippen LogP contribution in [-0.4, -0.2) is 52.7 Å². The van der Waals surface area contributed by atoms with Gasteiger partial charge in [0.1, 0.15) is 11.6 Å². The van der Waals surface area contributed by atoms with Gasteiger partial charge in [0.05, 0.1) is 0 Å². The Morgan fingerprint density at radius 3 is 2.52 bits per heavy atom. The van der Waals surface area contributed by atoms with Crippen LogP contribution in [0, 0.1) is 0 Å². The Bertz CT molecular complexity index is 431. The molecule has 0 saturated carbocycles. The van der Waals surface area contributed by atoms with E-state index in [9.17, 15) is 14.4 Å². The van der Waals surface area contributed by atoms with Gasteiger partial charge in [-0.05, 0) is 46.5 Å². The highest BCUT2D eigenvalue weighted by molar-refractivity contribution is 5.84. The molecule has 1 aliphatic heterocycles. The molecule has 1 fully saturated rings. The van der Waals surface area contributed by atoms with E-state index in [4.69, 9.17) is 9.84 Å². The minimum atomic E-state index is -0.919. The summed E-state index contributed by atoms with van der Waals surface area (Å²) in [6, 6.07) is -0.656. The molecule has 1 heterocycles. The van der Waals surface area contributed by atoms with Crippen LogP contribution in [0.15, 0.2) is 0 Å². The molecule has 1 saturated heterocycles. The summed E-state index contributed by atoms with van der Waals surface area (Å²) in [5, 5.41) is 11.7. The number of likely N-dealkylation sites (tertiary alicyclic amines) is 1. The van der Waals surface area contributed by atoms with Crippen molar-refractivity contribution in [2.24, 2.45) is 0 Å². The molecule has 2 amide bonds. The fourth-order valence-electron chi connectivity index (χ4n) is 2.55. The van der Waals surface area contributed by atoms with Crippen LogP contribution < -0.4 is 5.32 Å². The van der Waals surface area contributed by atoms with Crippen molar-refractivity contribution in [3.8, 4) is 0 Å². The number of amides is 2. The van der Waals surface area contributed by atoms with Gasteiger partial charge in [0.15, 0.2) is 0 Å². The number of carbonyl (C=O) groups excluding carboxylic acids is 2. The van der Waals surface area contributed by atoms with Crippen molar-refractivity contribution in [2.45, 2.75) is 70.9 Å². The Morgan fingerprint density at radius 2 is 1.91 bits per heavy atom. The number of ether oxygens (including phenoxy) is 1. The summed E-state index contributed by atoms with van der Waals surface area (Å²) in [6.07, 6.45) is 3.47. The fourth-order valence-corrected chi connectivity index (χ4v) is 2.55.